The number of nitrogens with one attached hydrogen (secondary N) is 1. The van der Waals surface area contributed by atoms with E-state index in [1.807, 2.05) is 27.0 Å². The van der Waals surface area contributed by atoms with Crippen LogP contribution in [-0.4, -0.2) is 22.6 Å². The Kier molecular flexibility index (Phi) is 5.58. The molecule has 0 aliphatic carbocycles. The predicted octanol–water partition coefficient (Wildman–Crippen LogP) is 2.29. The zero-order chi connectivity index (χ0) is 12.8. The second-order valence-corrected chi connectivity index (χ2v) is 5.96. The highest BCUT2D eigenvalue weighted by molar-refractivity contribution is 7.11. The van der Waals surface area contributed by atoms with Gasteiger partial charge in [-0.1, -0.05) is 13.8 Å². The number of aliphatic carboxylic acids is 1. The lowest BCUT2D eigenvalue weighted by Gasteiger charge is -2.14. The summed E-state index contributed by atoms with van der Waals surface area (Å²) < 4.78 is 0. The molecule has 0 fully saturated rings. The van der Waals surface area contributed by atoms with Crippen molar-refractivity contribution in [2.24, 2.45) is 11.8 Å². The maximum atomic E-state index is 11.0. The Balaban J connectivity index is 2.34. The number of hydrogen-bond donors (Lipinski definition) is 2. The van der Waals surface area contributed by atoms with Crippen LogP contribution >= 0.6 is 11.3 Å². The van der Waals surface area contributed by atoms with Gasteiger partial charge in [-0.25, -0.2) is 4.98 Å². The van der Waals surface area contributed by atoms with Gasteiger partial charge in [0, 0.05) is 24.2 Å². The quantitative estimate of drug-likeness (QED) is 0.785. The number of aromatic nitrogens is 1. The van der Waals surface area contributed by atoms with E-state index in [1.165, 1.54) is 0 Å². The summed E-state index contributed by atoms with van der Waals surface area (Å²) in [5.74, 6) is -0.612. The van der Waals surface area contributed by atoms with Crippen LogP contribution in [0.4, 0.5) is 0 Å². The summed E-state index contributed by atoms with van der Waals surface area (Å²) in [6.07, 6.45) is 2.55. The Bertz CT molecular complexity index is 363. The summed E-state index contributed by atoms with van der Waals surface area (Å²) in [5.41, 5.74) is 0. The Labute approximate surface area is 106 Å². The largest absolute Gasteiger partial charge is 0.481 e. The molecule has 0 aromatic carbocycles. The Morgan fingerprint density at radius 2 is 2.29 bits per heavy atom. The van der Waals surface area contributed by atoms with Gasteiger partial charge < -0.3 is 10.4 Å². The first kappa shape index (κ1) is 14.1. The fraction of sp³-hybridized carbons (Fsp3) is 0.667. The highest BCUT2D eigenvalue weighted by Crippen LogP contribution is 2.13. The highest BCUT2D eigenvalue weighted by atomic mass is 32.1. The molecule has 0 aliphatic heterocycles. The third-order valence-corrected chi connectivity index (χ3v) is 3.38. The summed E-state index contributed by atoms with van der Waals surface area (Å²) in [6.45, 7) is 7.27. The standard InChI is InChI=1S/C12H20N2O2S/c1-8(2)4-10(12(15)16)5-13-6-11-7-14-9(3)17-11/h7-8,10,13H,4-6H2,1-3H3,(H,15,16). The van der Waals surface area contributed by atoms with Crippen molar-refractivity contribution in [3.63, 3.8) is 0 Å². The minimum atomic E-state index is -0.716. The van der Waals surface area contributed by atoms with Crippen LogP contribution in [0.25, 0.3) is 0 Å². The zero-order valence-electron chi connectivity index (χ0n) is 10.6. The van der Waals surface area contributed by atoms with Crippen molar-refractivity contribution in [3.05, 3.63) is 16.1 Å². The molecular formula is C12H20N2O2S. The van der Waals surface area contributed by atoms with Gasteiger partial charge in [0.1, 0.15) is 0 Å². The fourth-order valence-corrected chi connectivity index (χ4v) is 2.46. The number of thiazole rings is 1. The van der Waals surface area contributed by atoms with Crippen LogP contribution in [0.5, 0.6) is 0 Å². The molecule has 1 heterocycles. The van der Waals surface area contributed by atoms with E-state index in [2.05, 4.69) is 10.3 Å². The van der Waals surface area contributed by atoms with Gasteiger partial charge in [-0.05, 0) is 19.3 Å². The molecule has 5 heteroatoms. The second-order valence-electron chi connectivity index (χ2n) is 4.64. The molecule has 1 aromatic rings. The lowest BCUT2D eigenvalue weighted by atomic mass is 9.97. The van der Waals surface area contributed by atoms with E-state index in [0.717, 1.165) is 9.88 Å². The highest BCUT2D eigenvalue weighted by Gasteiger charge is 2.18. The van der Waals surface area contributed by atoms with E-state index in [4.69, 9.17) is 5.11 Å². The maximum absolute atomic E-state index is 11.0. The van der Waals surface area contributed by atoms with Gasteiger partial charge in [-0.3, -0.25) is 4.79 Å². The van der Waals surface area contributed by atoms with Crippen molar-refractivity contribution >= 4 is 17.3 Å². The number of hydrogen-bond acceptors (Lipinski definition) is 4. The molecule has 1 rings (SSSR count). The van der Waals surface area contributed by atoms with Crippen LogP contribution in [0.15, 0.2) is 6.20 Å². The third-order valence-electron chi connectivity index (χ3n) is 2.46. The molecule has 17 heavy (non-hydrogen) atoms. The molecule has 0 radical (unpaired) electrons. The van der Waals surface area contributed by atoms with E-state index < -0.39 is 5.97 Å². The van der Waals surface area contributed by atoms with Gasteiger partial charge in [0.15, 0.2) is 0 Å². The van der Waals surface area contributed by atoms with Crippen molar-refractivity contribution in [2.75, 3.05) is 6.54 Å². The van der Waals surface area contributed by atoms with Crippen molar-refractivity contribution in [1.29, 1.82) is 0 Å². The first-order valence-corrected chi connectivity index (χ1v) is 6.65. The minimum absolute atomic E-state index is 0.302. The SMILES string of the molecule is Cc1ncc(CNCC(CC(C)C)C(=O)O)s1. The summed E-state index contributed by atoms with van der Waals surface area (Å²) in [4.78, 5) is 16.3. The molecule has 1 atom stereocenters. The molecule has 0 spiro atoms. The normalized spacial score (nSPS) is 12.9. The van der Waals surface area contributed by atoms with Gasteiger partial charge >= 0.3 is 5.97 Å². The summed E-state index contributed by atoms with van der Waals surface area (Å²) >= 11 is 1.64. The number of carboxylic acids is 1. The lowest BCUT2D eigenvalue weighted by Crippen LogP contribution is -2.29. The maximum Gasteiger partial charge on any atom is 0.307 e. The zero-order valence-corrected chi connectivity index (χ0v) is 11.4. The van der Waals surface area contributed by atoms with Crippen LogP contribution < -0.4 is 5.32 Å². The molecule has 0 bridgehead atoms. The summed E-state index contributed by atoms with van der Waals surface area (Å²) in [6, 6.07) is 0. The average molecular weight is 256 g/mol. The summed E-state index contributed by atoms with van der Waals surface area (Å²) in [7, 11) is 0. The molecule has 0 saturated carbocycles. The van der Waals surface area contributed by atoms with E-state index in [0.29, 0.717) is 25.4 Å². The average Bonchev–Trinajstić information content (AvgIpc) is 2.62. The second kappa shape index (κ2) is 6.71. The topological polar surface area (TPSA) is 62.2 Å². The van der Waals surface area contributed by atoms with Gasteiger partial charge in [0.25, 0.3) is 0 Å². The molecular weight excluding hydrogens is 236 g/mol. The molecule has 0 saturated heterocycles. The Morgan fingerprint density at radius 3 is 2.76 bits per heavy atom. The van der Waals surface area contributed by atoms with Crippen molar-refractivity contribution in [2.45, 2.75) is 33.7 Å². The predicted molar refractivity (Wildman–Crippen MR) is 69.1 cm³/mol. The molecule has 1 aromatic heterocycles. The van der Waals surface area contributed by atoms with Gasteiger partial charge in [0.2, 0.25) is 0 Å². The van der Waals surface area contributed by atoms with E-state index in [-0.39, 0.29) is 5.92 Å². The monoisotopic (exact) mass is 256 g/mol. The van der Waals surface area contributed by atoms with Crippen LogP contribution in [0, 0.1) is 18.8 Å². The minimum Gasteiger partial charge on any atom is -0.481 e. The molecule has 96 valence electrons. The smallest absolute Gasteiger partial charge is 0.307 e. The number of carboxylic acid groups (broad SMARTS) is 1. The summed E-state index contributed by atoms with van der Waals surface area (Å²) in [5, 5.41) is 13.3. The Morgan fingerprint density at radius 1 is 1.59 bits per heavy atom. The Hall–Kier alpha value is -0.940. The lowest BCUT2D eigenvalue weighted by molar-refractivity contribution is -0.142. The van der Waals surface area contributed by atoms with E-state index in [1.54, 1.807) is 11.3 Å². The van der Waals surface area contributed by atoms with Crippen molar-refractivity contribution in [3.8, 4) is 0 Å². The van der Waals surface area contributed by atoms with Crippen molar-refractivity contribution < 1.29 is 9.90 Å². The van der Waals surface area contributed by atoms with Gasteiger partial charge in [0.05, 0.1) is 10.9 Å². The molecule has 4 nitrogen and oxygen atoms in total. The van der Waals surface area contributed by atoms with Crippen LogP contribution in [0.1, 0.15) is 30.2 Å². The van der Waals surface area contributed by atoms with E-state index >= 15 is 0 Å². The fourth-order valence-electron chi connectivity index (χ4n) is 1.70. The third kappa shape index (κ3) is 5.28. The number of rotatable bonds is 7. The molecule has 0 amide bonds. The van der Waals surface area contributed by atoms with Gasteiger partial charge in [-0.2, -0.15) is 0 Å². The van der Waals surface area contributed by atoms with Crippen LogP contribution in [0.3, 0.4) is 0 Å². The first-order chi connectivity index (χ1) is 7.99. The van der Waals surface area contributed by atoms with E-state index in [9.17, 15) is 4.79 Å². The molecule has 0 aliphatic rings. The number of nitrogens with zero attached hydrogens (tertiary/aromatic N) is 1. The molecule has 2 N–H and O–H groups in total. The first-order valence-electron chi connectivity index (χ1n) is 5.84. The number of carbonyl (C=O) groups is 1. The van der Waals surface area contributed by atoms with Crippen molar-refractivity contribution in [1.82, 2.24) is 10.3 Å². The van der Waals surface area contributed by atoms with Crippen LogP contribution in [-0.2, 0) is 11.3 Å². The number of aryl methyl sites for hydroxylation is 1. The van der Waals surface area contributed by atoms with Gasteiger partial charge in [-0.15, -0.1) is 11.3 Å². The van der Waals surface area contributed by atoms with Crippen LogP contribution in [0.2, 0.25) is 0 Å². The molecule has 1 unspecified atom stereocenters.